The number of rotatable bonds is 4. The van der Waals surface area contributed by atoms with Crippen LogP contribution < -0.4 is 5.49 Å². The van der Waals surface area contributed by atoms with Crippen LogP contribution in [0, 0.1) is 59.7 Å². The zero-order chi connectivity index (χ0) is 36.9. The van der Waals surface area contributed by atoms with Gasteiger partial charge in [0.05, 0.1) is 11.8 Å². The SMILES string of the molecule is C=CC#N.CC(C)C.Cc1cnc2c(c1)SN(Cc1cc(C(c3ccn(C(=N)C(F)(F)F)c(=N)c3C)C(C)(C)C)ccc1C)CC1(CC1)C2. The predicted octanol–water partition coefficient (Wildman–Crippen LogP) is 10.1. The predicted molar refractivity (Wildman–Crippen MR) is 194 cm³/mol. The molecule has 1 aromatic carbocycles. The van der Waals surface area contributed by atoms with Crippen LogP contribution in [0.2, 0.25) is 0 Å². The minimum Gasteiger partial charge on any atom is -0.284 e. The van der Waals surface area contributed by atoms with Gasteiger partial charge in [0.15, 0.2) is 0 Å². The van der Waals surface area contributed by atoms with Gasteiger partial charge < -0.3 is 0 Å². The number of aromatic nitrogens is 2. The van der Waals surface area contributed by atoms with Gasteiger partial charge in [-0.3, -0.25) is 20.4 Å². The number of nitrogens with zero attached hydrogens (tertiary/aromatic N) is 4. The lowest BCUT2D eigenvalue weighted by Gasteiger charge is -2.34. The summed E-state index contributed by atoms with van der Waals surface area (Å²) in [4.78, 5) is 6.01. The van der Waals surface area contributed by atoms with Crippen LogP contribution >= 0.6 is 11.9 Å². The van der Waals surface area contributed by atoms with Crippen LogP contribution in [0.3, 0.4) is 0 Å². The molecule has 3 aromatic rings. The van der Waals surface area contributed by atoms with Gasteiger partial charge in [-0.1, -0.05) is 66.3 Å². The van der Waals surface area contributed by atoms with Gasteiger partial charge in [0.1, 0.15) is 5.49 Å². The first-order valence-corrected chi connectivity index (χ1v) is 17.4. The quantitative estimate of drug-likeness (QED) is 0.123. The van der Waals surface area contributed by atoms with Crippen molar-refractivity contribution in [2.45, 2.75) is 105 Å². The molecule has 49 heavy (non-hydrogen) atoms. The third kappa shape index (κ3) is 10.4. The number of hydrogen-bond donors (Lipinski definition) is 2. The van der Waals surface area contributed by atoms with E-state index >= 15 is 0 Å². The monoisotopic (exact) mass is 692 g/mol. The van der Waals surface area contributed by atoms with Crippen molar-refractivity contribution in [2.75, 3.05) is 6.54 Å². The van der Waals surface area contributed by atoms with Gasteiger partial charge in [-0.25, -0.2) is 4.31 Å². The maximum absolute atomic E-state index is 13.3. The number of halogens is 3. The van der Waals surface area contributed by atoms with E-state index in [1.165, 1.54) is 46.8 Å². The van der Waals surface area contributed by atoms with Gasteiger partial charge in [-0.2, -0.15) is 18.4 Å². The molecule has 10 heteroatoms. The summed E-state index contributed by atoms with van der Waals surface area (Å²) in [5, 5.41) is 23.6. The number of aryl methyl sites for hydroxylation is 2. The molecule has 1 saturated carbocycles. The molecule has 0 radical (unpaired) electrons. The number of pyridine rings is 2. The zero-order valence-corrected chi connectivity index (χ0v) is 31.2. The van der Waals surface area contributed by atoms with E-state index in [0.717, 1.165) is 42.1 Å². The van der Waals surface area contributed by atoms with Crippen molar-refractivity contribution < 1.29 is 13.2 Å². The topological polar surface area (TPSA) is 92.6 Å². The molecule has 3 heterocycles. The number of benzene rings is 1. The fraction of sp³-hybridized carbons (Fsp3) is 0.487. The van der Waals surface area contributed by atoms with Gasteiger partial charge in [0, 0.05) is 42.4 Å². The molecule has 2 aliphatic rings. The number of allylic oxidation sites excluding steroid dienone is 1. The first kappa shape index (κ1) is 39.8. The Balaban J connectivity index is 0.000000734. The number of hydrogen-bond acceptors (Lipinski definition) is 6. The average Bonchev–Trinajstić information content (AvgIpc) is 3.77. The van der Waals surface area contributed by atoms with E-state index in [2.05, 4.69) is 90.5 Å². The summed E-state index contributed by atoms with van der Waals surface area (Å²) < 4.78 is 42.9. The van der Waals surface area contributed by atoms with Crippen molar-refractivity contribution >= 4 is 17.8 Å². The second kappa shape index (κ2) is 15.9. The second-order valence-electron chi connectivity index (χ2n) is 15.0. The Kier molecular flexibility index (Phi) is 12.9. The van der Waals surface area contributed by atoms with Crippen LogP contribution in [0.5, 0.6) is 0 Å². The van der Waals surface area contributed by atoms with E-state index < -0.39 is 12.0 Å². The molecule has 1 fully saturated rings. The standard InChI is InChI=1S/C32H38F3N5S.C4H10.C3H3N/c1-19-13-26-25(38-16-19)15-31(10-11-31)18-39(41-26)17-23-14-22(8-7-20(23)2)27(30(4,5)6)24-9-12-40(28(36)21(24)3)29(37)32(33,34)35;1-4(2)3;1-2-3-4/h7-9,12-14,16,27,36-37H,10-11,15,17-18H2,1-6H3;4H,1-3H3;2H,1H2. The molecule has 6 nitrogen and oxygen atoms in total. The fourth-order valence-electron chi connectivity index (χ4n) is 6.02. The lowest BCUT2D eigenvalue weighted by atomic mass is 9.71. The Morgan fingerprint density at radius 3 is 2.27 bits per heavy atom. The maximum atomic E-state index is 13.3. The average molecular weight is 693 g/mol. The maximum Gasteiger partial charge on any atom is 0.449 e. The third-order valence-electron chi connectivity index (χ3n) is 8.57. The van der Waals surface area contributed by atoms with Gasteiger partial charge >= 0.3 is 6.18 Å². The highest BCUT2D eigenvalue weighted by molar-refractivity contribution is 7.97. The van der Waals surface area contributed by atoms with Crippen molar-refractivity contribution in [2.24, 2.45) is 16.7 Å². The second-order valence-corrected chi connectivity index (χ2v) is 16.2. The first-order chi connectivity index (χ1) is 22.7. The molecule has 5 rings (SSSR count). The van der Waals surface area contributed by atoms with Crippen LogP contribution in [0.25, 0.3) is 0 Å². The zero-order valence-electron chi connectivity index (χ0n) is 30.3. The highest BCUT2D eigenvalue weighted by Gasteiger charge is 2.46. The molecule has 1 aliphatic heterocycles. The normalized spacial score (nSPS) is 15.8. The Bertz CT molecular complexity index is 1750. The summed E-state index contributed by atoms with van der Waals surface area (Å²) in [6, 6.07) is 12.1. The highest BCUT2D eigenvalue weighted by Crippen LogP contribution is 2.53. The molecule has 0 bridgehead atoms. The molecule has 0 amide bonds. The van der Waals surface area contributed by atoms with E-state index in [4.69, 9.17) is 21.1 Å². The van der Waals surface area contributed by atoms with Crippen LogP contribution in [-0.2, 0) is 13.0 Å². The summed E-state index contributed by atoms with van der Waals surface area (Å²) in [5.41, 5.74) is 6.80. The van der Waals surface area contributed by atoms with Gasteiger partial charge in [0.2, 0.25) is 5.84 Å². The molecule has 0 saturated heterocycles. The molecule has 2 N–H and O–H groups in total. The van der Waals surface area contributed by atoms with Crippen LogP contribution in [0.4, 0.5) is 13.2 Å². The third-order valence-corrected chi connectivity index (χ3v) is 9.64. The summed E-state index contributed by atoms with van der Waals surface area (Å²) in [6.45, 7) is 23.6. The van der Waals surface area contributed by atoms with Crippen molar-refractivity contribution in [1.29, 1.82) is 16.1 Å². The van der Waals surface area contributed by atoms with Gasteiger partial charge in [-0.05, 0) is 114 Å². The first-order valence-electron chi connectivity index (χ1n) is 16.6. The van der Waals surface area contributed by atoms with Crippen molar-refractivity contribution in [3.63, 3.8) is 0 Å². The molecule has 1 aliphatic carbocycles. The highest BCUT2D eigenvalue weighted by atomic mass is 32.2. The van der Waals surface area contributed by atoms with Crippen LogP contribution in [0.15, 0.2) is 60.3 Å². The molecule has 1 atom stereocenters. The molecular weight excluding hydrogens is 642 g/mol. The molecule has 1 unspecified atom stereocenters. The molecule has 2 aromatic heterocycles. The van der Waals surface area contributed by atoms with Gasteiger partial charge in [0.25, 0.3) is 0 Å². The summed E-state index contributed by atoms with van der Waals surface area (Å²) in [5.74, 6) is -0.878. The Morgan fingerprint density at radius 2 is 1.73 bits per heavy atom. The van der Waals surface area contributed by atoms with Crippen LogP contribution in [0.1, 0.15) is 99.4 Å². The smallest absolute Gasteiger partial charge is 0.284 e. The van der Waals surface area contributed by atoms with Crippen LogP contribution in [-0.4, -0.2) is 32.4 Å². The van der Waals surface area contributed by atoms with Crippen molar-refractivity contribution in [3.05, 3.63) is 99.9 Å². The van der Waals surface area contributed by atoms with Gasteiger partial charge in [-0.15, -0.1) is 0 Å². The lowest BCUT2D eigenvalue weighted by Crippen LogP contribution is -2.38. The van der Waals surface area contributed by atoms with E-state index in [1.54, 1.807) is 31.0 Å². The Morgan fingerprint density at radius 1 is 1.12 bits per heavy atom. The van der Waals surface area contributed by atoms with E-state index in [-0.39, 0.29) is 16.8 Å². The Labute approximate surface area is 294 Å². The van der Waals surface area contributed by atoms with E-state index in [0.29, 0.717) is 15.5 Å². The molecule has 1 spiro atoms. The summed E-state index contributed by atoms with van der Waals surface area (Å²) >= 11 is 1.80. The fourth-order valence-corrected chi connectivity index (χ4v) is 7.31. The molecule has 264 valence electrons. The number of nitriles is 1. The van der Waals surface area contributed by atoms with Crippen molar-refractivity contribution in [1.82, 2.24) is 13.9 Å². The summed E-state index contributed by atoms with van der Waals surface area (Å²) in [6.07, 6.45) is 2.99. The minimum absolute atomic E-state index is 0.153. The lowest BCUT2D eigenvalue weighted by molar-refractivity contribution is -0.0626. The van der Waals surface area contributed by atoms with Crippen molar-refractivity contribution in [3.8, 4) is 6.07 Å². The molecular formula is C39H51F3N6S. The number of alkyl halides is 3. The van der Waals surface area contributed by atoms with E-state index in [1.807, 2.05) is 6.20 Å². The van der Waals surface area contributed by atoms with E-state index in [9.17, 15) is 13.2 Å². The largest absolute Gasteiger partial charge is 0.449 e. The number of nitrogens with one attached hydrogen (secondary N) is 2. The Hall–Kier alpha value is -3.68. The summed E-state index contributed by atoms with van der Waals surface area (Å²) in [7, 11) is 0. The minimum atomic E-state index is -4.83. The number of fused-ring (bicyclic) bond motifs is 1.